The van der Waals surface area contributed by atoms with Crippen molar-refractivity contribution in [3.8, 4) is 0 Å². The van der Waals surface area contributed by atoms with Crippen molar-refractivity contribution in [2.45, 2.75) is 38.1 Å². The highest BCUT2D eigenvalue weighted by molar-refractivity contribution is 5.46. The number of tetrazole rings is 1. The molecule has 1 fully saturated rings. The monoisotopic (exact) mass is 261 g/mol. The van der Waals surface area contributed by atoms with Gasteiger partial charge in [0.15, 0.2) is 11.5 Å². The van der Waals surface area contributed by atoms with Gasteiger partial charge in [0.25, 0.3) is 0 Å². The van der Waals surface area contributed by atoms with Gasteiger partial charge in [0.2, 0.25) is 0 Å². The van der Waals surface area contributed by atoms with Crippen LogP contribution in [0.25, 0.3) is 5.65 Å². The number of hydrogen-bond acceptors (Lipinski definition) is 6. The van der Waals surface area contributed by atoms with Crippen LogP contribution in [0.1, 0.15) is 32.1 Å². The first-order chi connectivity index (χ1) is 9.40. The Bertz CT molecular complexity index is 532. The molecule has 1 aliphatic rings. The molecule has 0 bridgehead atoms. The van der Waals surface area contributed by atoms with E-state index in [0.717, 1.165) is 12.4 Å². The number of aromatic nitrogens is 5. The first-order valence-electron chi connectivity index (χ1n) is 6.89. The summed E-state index contributed by atoms with van der Waals surface area (Å²) in [6, 6.07) is 0.522. The third kappa shape index (κ3) is 2.37. The predicted molar refractivity (Wildman–Crippen MR) is 71.9 cm³/mol. The summed E-state index contributed by atoms with van der Waals surface area (Å²) in [7, 11) is 0. The zero-order chi connectivity index (χ0) is 13.1. The van der Waals surface area contributed by atoms with Gasteiger partial charge in [-0.25, -0.2) is 0 Å². The number of hydrogen-bond donors (Lipinski definition) is 1. The van der Waals surface area contributed by atoms with Crippen molar-refractivity contribution in [1.82, 2.24) is 25.0 Å². The molecule has 0 aliphatic heterocycles. The van der Waals surface area contributed by atoms with Gasteiger partial charge in [0, 0.05) is 19.1 Å². The van der Waals surface area contributed by atoms with Crippen LogP contribution < -0.4 is 10.6 Å². The van der Waals surface area contributed by atoms with Crippen LogP contribution in [0.2, 0.25) is 0 Å². The van der Waals surface area contributed by atoms with Crippen LogP contribution in [0, 0.1) is 0 Å². The molecule has 0 radical (unpaired) electrons. The lowest BCUT2D eigenvalue weighted by Crippen LogP contribution is -2.41. The standard InChI is InChI=1S/C12H19N7/c13-6-7-18(10-4-2-1-3-5-10)12-9-14-8-11-15-16-17-19(11)12/h8-10H,1-7,13H2. The molecule has 0 aromatic carbocycles. The minimum absolute atomic E-state index is 0.522. The third-order valence-corrected chi connectivity index (χ3v) is 3.77. The number of fused-ring (bicyclic) bond motifs is 1. The van der Waals surface area contributed by atoms with Crippen molar-refractivity contribution in [3.05, 3.63) is 12.4 Å². The molecule has 2 aromatic heterocycles. The summed E-state index contributed by atoms with van der Waals surface area (Å²) in [5.41, 5.74) is 6.45. The molecular formula is C12H19N7. The van der Waals surface area contributed by atoms with Gasteiger partial charge in [-0.1, -0.05) is 19.3 Å². The molecule has 7 nitrogen and oxygen atoms in total. The summed E-state index contributed by atoms with van der Waals surface area (Å²) in [5, 5.41) is 11.7. The second-order valence-electron chi connectivity index (χ2n) is 4.99. The van der Waals surface area contributed by atoms with E-state index in [1.807, 2.05) is 6.20 Å². The SMILES string of the molecule is NCCN(c1cncc2nnnn12)C1CCCCC1. The molecule has 19 heavy (non-hydrogen) atoms. The maximum Gasteiger partial charge on any atom is 0.199 e. The number of nitrogens with zero attached hydrogens (tertiary/aromatic N) is 6. The molecule has 3 rings (SSSR count). The van der Waals surface area contributed by atoms with E-state index in [9.17, 15) is 0 Å². The van der Waals surface area contributed by atoms with Gasteiger partial charge >= 0.3 is 0 Å². The molecule has 0 saturated heterocycles. The Hall–Kier alpha value is -1.76. The Morgan fingerprint density at radius 3 is 2.89 bits per heavy atom. The van der Waals surface area contributed by atoms with E-state index in [1.165, 1.54) is 32.1 Å². The highest BCUT2D eigenvalue weighted by Crippen LogP contribution is 2.26. The summed E-state index contributed by atoms with van der Waals surface area (Å²) in [6.07, 6.45) is 9.81. The second-order valence-corrected chi connectivity index (χ2v) is 4.99. The molecular weight excluding hydrogens is 242 g/mol. The summed E-state index contributed by atoms with van der Waals surface area (Å²) in [4.78, 5) is 6.55. The zero-order valence-corrected chi connectivity index (χ0v) is 10.9. The van der Waals surface area contributed by atoms with Crippen LogP contribution in [0.3, 0.4) is 0 Å². The predicted octanol–water partition coefficient (Wildman–Crippen LogP) is 0.617. The fourth-order valence-electron chi connectivity index (χ4n) is 2.87. The third-order valence-electron chi connectivity index (χ3n) is 3.77. The highest BCUT2D eigenvalue weighted by atomic mass is 15.5. The second kappa shape index (κ2) is 5.48. The molecule has 1 saturated carbocycles. The van der Waals surface area contributed by atoms with Crippen LogP contribution >= 0.6 is 0 Å². The maximum absolute atomic E-state index is 5.77. The normalized spacial score (nSPS) is 16.9. The van der Waals surface area contributed by atoms with Crippen molar-refractivity contribution < 1.29 is 0 Å². The van der Waals surface area contributed by atoms with E-state index in [2.05, 4.69) is 25.4 Å². The lowest BCUT2D eigenvalue weighted by atomic mass is 9.94. The summed E-state index contributed by atoms with van der Waals surface area (Å²) in [6.45, 7) is 1.43. The molecule has 2 heterocycles. The lowest BCUT2D eigenvalue weighted by molar-refractivity contribution is 0.412. The van der Waals surface area contributed by atoms with Crippen LogP contribution in [-0.2, 0) is 0 Å². The highest BCUT2D eigenvalue weighted by Gasteiger charge is 2.23. The van der Waals surface area contributed by atoms with Gasteiger partial charge in [-0.15, -0.1) is 5.10 Å². The number of nitrogens with two attached hydrogens (primary N) is 1. The fourth-order valence-corrected chi connectivity index (χ4v) is 2.87. The van der Waals surface area contributed by atoms with Crippen molar-refractivity contribution in [2.75, 3.05) is 18.0 Å². The van der Waals surface area contributed by atoms with Crippen molar-refractivity contribution in [3.63, 3.8) is 0 Å². The first kappa shape index (κ1) is 12.3. The van der Waals surface area contributed by atoms with Gasteiger partial charge in [-0.3, -0.25) is 4.98 Å². The average Bonchev–Trinajstić information content (AvgIpc) is 2.94. The molecule has 2 N–H and O–H groups in total. The molecule has 0 amide bonds. The van der Waals surface area contributed by atoms with E-state index in [-0.39, 0.29) is 0 Å². The Kier molecular flexibility index (Phi) is 3.54. The van der Waals surface area contributed by atoms with Crippen LogP contribution in [0.5, 0.6) is 0 Å². The summed E-state index contributed by atoms with van der Waals surface area (Å²) < 4.78 is 1.75. The summed E-state index contributed by atoms with van der Waals surface area (Å²) in [5.74, 6) is 0.944. The molecule has 0 unspecified atom stereocenters. The summed E-state index contributed by atoms with van der Waals surface area (Å²) >= 11 is 0. The van der Waals surface area contributed by atoms with E-state index in [4.69, 9.17) is 5.73 Å². The van der Waals surface area contributed by atoms with E-state index >= 15 is 0 Å². The van der Waals surface area contributed by atoms with Crippen LogP contribution in [-0.4, -0.2) is 44.2 Å². The van der Waals surface area contributed by atoms with Gasteiger partial charge in [0.1, 0.15) is 0 Å². The minimum atomic E-state index is 0.522. The Morgan fingerprint density at radius 1 is 1.26 bits per heavy atom. The quantitative estimate of drug-likeness (QED) is 0.868. The largest absolute Gasteiger partial charge is 0.351 e. The van der Waals surface area contributed by atoms with Crippen molar-refractivity contribution >= 4 is 11.5 Å². The van der Waals surface area contributed by atoms with E-state index < -0.39 is 0 Å². The lowest BCUT2D eigenvalue weighted by Gasteiger charge is -2.35. The number of anilines is 1. The molecule has 2 aromatic rings. The Labute approximate surface area is 111 Å². The molecule has 102 valence electrons. The molecule has 0 spiro atoms. The van der Waals surface area contributed by atoms with Gasteiger partial charge < -0.3 is 10.6 Å². The maximum atomic E-state index is 5.77. The van der Waals surface area contributed by atoms with Crippen molar-refractivity contribution in [1.29, 1.82) is 0 Å². The van der Waals surface area contributed by atoms with Gasteiger partial charge in [0.05, 0.1) is 12.4 Å². The van der Waals surface area contributed by atoms with Gasteiger partial charge in [-0.2, -0.15) is 4.52 Å². The Balaban J connectivity index is 1.96. The van der Waals surface area contributed by atoms with E-state index in [0.29, 0.717) is 18.2 Å². The molecule has 7 heteroatoms. The Morgan fingerprint density at radius 2 is 2.11 bits per heavy atom. The minimum Gasteiger partial charge on any atom is -0.351 e. The average molecular weight is 261 g/mol. The van der Waals surface area contributed by atoms with Crippen LogP contribution in [0.4, 0.5) is 5.82 Å². The van der Waals surface area contributed by atoms with E-state index in [1.54, 1.807) is 10.7 Å². The zero-order valence-electron chi connectivity index (χ0n) is 10.9. The van der Waals surface area contributed by atoms with Gasteiger partial charge in [-0.05, 0) is 23.3 Å². The smallest absolute Gasteiger partial charge is 0.199 e. The van der Waals surface area contributed by atoms with Crippen molar-refractivity contribution in [2.24, 2.45) is 5.73 Å². The fraction of sp³-hybridized carbons (Fsp3) is 0.667. The topological polar surface area (TPSA) is 85.2 Å². The molecule has 0 atom stereocenters. The number of rotatable bonds is 4. The molecule has 1 aliphatic carbocycles. The first-order valence-corrected chi connectivity index (χ1v) is 6.89. The van der Waals surface area contributed by atoms with Crippen LogP contribution in [0.15, 0.2) is 12.4 Å².